The van der Waals surface area contributed by atoms with Crippen LogP contribution < -0.4 is 5.32 Å². The number of hydrogen-bond acceptors (Lipinski definition) is 5. The molecular weight excluding hydrogens is 246 g/mol. The first-order valence-corrected chi connectivity index (χ1v) is 6.02. The molecule has 19 heavy (non-hydrogen) atoms. The third-order valence-corrected chi connectivity index (χ3v) is 2.61. The first kappa shape index (κ1) is 13.2. The number of hydrogen-bond donors (Lipinski definition) is 1. The third-order valence-electron chi connectivity index (χ3n) is 2.61. The van der Waals surface area contributed by atoms with Gasteiger partial charge in [0.1, 0.15) is 0 Å². The maximum atomic E-state index is 10.7. The van der Waals surface area contributed by atoms with Gasteiger partial charge in [0, 0.05) is 18.7 Å². The van der Waals surface area contributed by atoms with Crippen LogP contribution in [0.15, 0.2) is 30.5 Å². The molecule has 1 aromatic heterocycles. The fourth-order valence-corrected chi connectivity index (χ4v) is 1.71. The van der Waals surface area contributed by atoms with Crippen molar-refractivity contribution in [1.82, 2.24) is 20.3 Å². The summed E-state index contributed by atoms with van der Waals surface area (Å²) in [5.41, 5.74) is 1.77. The minimum Gasteiger partial charge on any atom is -0.311 e. The Morgan fingerprint density at radius 3 is 3.05 bits per heavy atom. The lowest BCUT2D eigenvalue weighted by molar-refractivity contribution is -0.384. The summed E-state index contributed by atoms with van der Waals surface area (Å²) in [7, 11) is 0. The van der Waals surface area contributed by atoms with Crippen LogP contribution in [0, 0.1) is 10.1 Å². The van der Waals surface area contributed by atoms with Crippen molar-refractivity contribution >= 4 is 5.69 Å². The van der Waals surface area contributed by atoms with Gasteiger partial charge in [-0.1, -0.05) is 24.3 Å². The number of aromatic nitrogens is 3. The molecule has 0 aliphatic heterocycles. The van der Waals surface area contributed by atoms with Crippen LogP contribution in [-0.4, -0.2) is 26.5 Å². The van der Waals surface area contributed by atoms with Gasteiger partial charge in [-0.2, -0.15) is 0 Å². The van der Waals surface area contributed by atoms with Gasteiger partial charge in [0.25, 0.3) is 5.69 Å². The van der Waals surface area contributed by atoms with Crippen LogP contribution in [-0.2, 0) is 13.1 Å². The van der Waals surface area contributed by atoms with Crippen LogP contribution >= 0.6 is 0 Å². The average Bonchev–Trinajstić information content (AvgIpc) is 2.84. The van der Waals surface area contributed by atoms with Crippen molar-refractivity contribution in [3.05, 3.63) is 51.8 Å². The van der Waals surface area contributed by atoms with Gasteiger partial charge >= 0.3 is 0 Å². The summed E-state index contributed by atoms with van der Waals surface area (Å²) >= 11 is 0. The van der Waals surface area contributed by atoms with Gasteiger partial charge in [0.15, 0.2) is 0 Å². The van der Waals surface area contributed by atoms with Gasteiger partial charge in [-0.25, -0.2) is 4.68 Å². The fourth-order valence-electron chi connectivity index (χ4n) is 1.71. The molecule has 0 radical (unpaired) electrons. The lowest BCUT2D eigenvalue weighted by Crippen LogP contribution is -2.11. The molecule has 0 amide bonds. The molecule has 2 aromatic rings. The molecule has 2 rings (SSSR count). The van der Waals surface area contributed by atoms with Crippen LogP contribution in [0.1, 0.15) is 18.2 Å². The summed E-state index contributed by atoms with van der Waals surface area (Å²) in [6.07, 6.45) is 1.83. The van der Waals surface area contributed by atoms with Crippen molar-refractivity contribution in [2.45, 2.75) is 20.0 Å². The fraction of sp³-hybridized carbons (Fsp3) is 0.333. The monoisotopic (exact) mass is 261 g/mol. The van der Waals surface area contributed by atoms with Crippen molar-refractivity contribution in [3.8, 4) is 0 Å². The molecule has 0 aliphatic rings. The number of nitrogens with one attached hydrogen (secondary N) is 1. The summed E-state index contributed by atoms with van der Waals surface area (Å²) in [4.78, 5) is 10.3. The van der Waals surface area contributed by atoms with Crippen LogP contribution in [0.5, 0.6) is 0 Å². The molecule has 0 fully saturated rings. The Morgan fingerprint density at radius 1 is 1.47 bits per heavy atom. The first-order valence-electron chi connectivity index (χ1n) is 6.02. The van der Waals surface area contributed by atoms with Gasteiger partial charge in [0.2, 0.25) is 0 Å². The van der Waals surface area contributed by atoms with E-state index < -0.39 is 4.92 Å². The second kappa shape index (κ2) is 6.05. The van der Waals surface area contributed by atoms with Crippen molar-refractivity contribution < 1.29 is 4.92 Å². The number of nitro benzene ring substituents is 1. The molecule has 0 bridgehead atoms. The normalized spacial score (nSPS) is 10.6. The van der Waals surface area contributed by atoms with E-state index in [1.807, 2.05) is 19.2 Å². The van der Waals surface area contributed by atoms with E-state index in [2.05, 4.69) is 15.6 Å². The molecule has 0 saturated heterocycles. The van der Waals surface area contributed by atoms with E-state index in [1.54, 1.807) is 16.8 Å². The molecule has 0 unspecified atom stereocenters. The second-order valence-corrected chi connectivity index (χ2v) is 4.11. The average molecular weight is 261 g/mol. The molecule has 0 atom stereocenters. The summed E-state index contributed by atoms with van der Waals surface area (Å²) in [6, 6.07) is 6.52. The van der Waals surface area contributed by atoms with Crippen LogP contribution in [0.2, 0.25) is 0 Å². The number of rotatable bonds is 6. The number of nitro groups is 1. The summed E-state index contributed by atoms with van der Waals surface area (Å²) in [5, 5.41) is 21.9. The number of non-ortho nitro benzene ring substituents is 1. The maximum absolute atomic E-state index is 10.7. The van der Waals surface area contributed by atoms with E-state index >= 15 is 0 Å². The molecule has 0 saturated carbocycles. The molecule has 0 aliphatic carbocycles. The predicted octanol–water partition coefficient (Wildman–Crippen LogP) is 1.34. The zero-order chi connectivity index (χ0) is 13.7. The highest BCUT2D eigenvalue weighted by molar-refractivity contribution is 5.34. The first-order chi connectivity index (χ1) is 9.19. The van der Waals surface area contributed by atoms with E-state index in [0.29, 0.717) is 13.1 Å². The van der Waals surface area contributed by atoms with Crippen LogP contribution in [0.25, 0.3) is 0 Å². The van der Waals surface area contributed by atoms with Crippen molar-refractivity contribution in [3.63, 3.8) is 0 Å². The standard InChI is InChI=1S/C12H15N5O2/c1-2-13-7-11-9-16(15-14-11)8-10-4-3-5-12(6-10)17(18)19/h3-6,9,13H,2,7-8H2,1H3. The summed E-state index contributed by atoms with van der Waals surface area (Å²) in [5.74, 6) is 0. The SMILES string of the molecule is CCNCc1cn(Cc2cccc([N+](=O)[O-])c2)nn1. The van der Waals surface area contributed by atoms with Crippen molar-refractivity contribution in [2.24, 2.45) is 0 Å². The van der Waals surface area contributed by atoms with Gasteiger partial charge in [-0.05, 0) is 12.1 Å². The number of nitrogens with zero attached hydrogens (tertiary/aromatic N) is 4. The highest BCUT2D eigenvalue weighted by Gasteiger charge is 2.07. The van der Waals surface area contributed by atoms with Gasteiger partial charge in [-0.3, -0.25) is 10.1 Å². The smallest absolute Gasteiger partial charge is 0.269 e. The third kappa shape index (κ3) is 3.59. The van der Waals surface area contributed by atoms with Gasteiger partial charge in [0.05, 0.1) is 23.4 Å². The van der Waals surface area contributed by atoms with Crippen molar-refractivity contribution in [2.75, 3.05) is 6.54 Å². The second-order valence-electron chi connectivity index (χ2n) is 4.11. The summed E-state index contributed by atoms with van der Waals surface area (Å²) < 4.78 is 1.67. The highest BCUT2D eigenvalue weighted by atomic mass is 16.6. The minimum atomic E-state index is -0.401. The quantitative estimate of drug-likeness (QED) is 0.626. The topological polar surface area (TPSA) is 85.9 Å². The van der Waals surface area contributed by atoms with Crippen LogP contribution in [0.4, 0.5) is 5.69 Å². The Bertz CT molecular complexity index is 567. The van der Waals surface area contributed by atoms with E-state index in [1.165, 1.54) is 6.07 Å². The molecule has 7 nitrogen and oxygen atoms in total. The Kier molecular flexibility index (Phi) is 4.19. The number of benzene rings is 1. The molecule has 100 valence electrons. The van der Waals surface area contributed by atoms with E-state index in [-0.39, 0.29) is 5.69 Å². The molecular formula is C12H15N5O2. The maximum Gasteiger partial charge on any atom is 0.269 e. The van der Waals surface area contributed by atoms with E-state index in [0.717, 1.165) is 17.8 Å². The van der Waals surface area contributed by atoms with Crippen molar-refractivity contribution in [1.29, 1.82) is 0 Å². The van der Waals surface area contributed by atoms with E-state index in [9.17, 15) is 10.1 Å². The lowest BCUT2D eigenvalue weighted by Gasteiger charge is -2.00. The van der Waals surface area contributed by atoms with Gasteiger partial charge in [-0.15, -0.1) is 5.10 Å². The van der Waals surface area contributed by atoms with E-state index in [4.69, 9.17) is 0 Å². The lowest BCUT2D eigenvalue weighted by atomic mass is 10.2. The molecule has 1 heterocycles. The molecule has 1 N–H and O–H groups in total. The Labute approximate surface area is 110 Å². The molecule has 7 heteroatoms. The Hall–Kier alpha value is -2.28. The Balaban J connectivity index is 2.06. The minimum absolute atomic E-state index is 0.0884. The molecule has 1 aromatic carbocycles. The zero-order valence-electron chi connectivity index (χ0n) is 10.6. The molecule has 0 spiro atoms. The predicted molar refractivity (Wildman–Crippen MR) is 69.6 cm³/mol. The summed E-state index contributed by atoms with van der Waals surface area (Å²) in [6.45, 7) is 4.04. The Morgan fingerprint density at radius 2 is 2.32 bits per heavy atom. The van der Waals surface area contributed by atoms with Gasteiger partial charge < -0.3 is 5.32 Å². The van der Waals surface area contributed by atoms with Crippen LogP contribution in [0.3, 0.4) is 0 Å². The highest BCUT2D eigenvalue weighted by Crippen LogP contribution is 2.13. The largest absolute Gasteiger partial charge is 0.311 e. The zero-order valence-corrected chi connectivity index (χ0v) is 10.6.